The van der Waals surface area contributed by atoms with E-state index in [0.29, 0.717) is 5.69 Å². The number of aromatic nitrogens is 1. The summed E-state index contributed by atoms with van der Waals surface area (Å²) in [5.41, 5.74) is 0.600. The topological polar surface area (TPSA) is 125 Å². The number of rotatable bonds is 4. The summed E-state index contributed by atoms with van der Waals surface area (Å²) >= 11 is 0. The molecule has 0 aromatic carbocycles. The maximum atomic E-state index is 12.8. The number of carbonyl (C=O) groups excluding carboxylic acids is 1. The molecule has 9 nitrogen and oxygen atoms in total. The van der Waals surface area contributed by atoms with E-state index in [1.54, 1.807) is 6.07 Å². The van der Waals surface area contributed by atoms with Crippen LogP contribution in [-0.2, 0) is 19.9 Å². The number of sulfone groups is 1. The highest BCUT2D eigenvalue weighted by molar-refractivity contribution is 7.95. The van der Waals surface area contributed by atoms with Gasteiger partial charge in [-0.25, -0.2) is 16.8 Å². The molecule has 1 aromatic rings. The van der Waals surface area contributed by atoms with Crippen molar-refractivity contribution in [2.45, 2.75) is 31.4 Å². The maximum Gasteiger partial charge on any atom is 0.254 e. The first kappa shape index (κ1) is 21.0. The van der Waals surface area contributed by atoms with Gasteiger partial charge in [0.05, 0.1) is 16.8 Å². The average molecular weight is 432 g/mol. The normalized spacial score (nSPS) is 23.2. The lowest BCUT2D eigenvalue weighted by molar-refractivity contribution is 0.0697. The van der Waals surface area contributed by atoms with Crippen LogP contribution in [0.4, 0.5) is 0 Å². The average Bonchev–Trinajstić information content (AvgIpc) is 3.01. The number of aromatic amines is 1. The molecule has 0 saturated carbocycles. The lowest BCUT2D eigenvalue weighted by atomic mass is 10.1. The largest absolute Gasteiger partial charge is 0.336 e. The molecule has 11 heteroatoms. The molecule has 28 heavy (non-hydrogen) atoms. The van der Waals surface area contributed by atoms with Crippen LogP contribution in [0, 0.1) is 0 Å². The number of sulfonamides is 1. The minimum atomic E-state index is -3.71. The molecule has 2 saturated heterocycles. The van der Waals surface area contributed by atoms with Crippen molar-refractivity contribution in [2.24, 2.45) is 0 Å². The van der Waals surface area contributed by atoms with Crippen molar-refractivity contribution in [3.63, 3.8) is 0 Å². The summed E-state index contributed by atoms with van der Waals surface area (Å²) in [7, 11) is -7.01. The molecule has 156 valence electrons. The maximum absolute atomic E-state index is 12.8. The van der Waals surface area contributed by atoms with E-state index in [1.165, 1.54) is 15.3 Å². The molecule has 1 amide bonds. The molecule has 0 aliphatic carbocycles. The lowest BCUT2D eigenvalue weighted by Crippen LogP contribution is -2.52. The van der Waals surface area contributed by atoms with Gasteiger partial charge in [0, 0.05) is 43.5 Å². The Kier molecular flexibility index (Phi) is 5.70. The molecule has 2 fully saturated rings. The van der Waals surface area contributed by atoms with Crippen LogP contribution >= 0.6 is 0 Å². The van der Waals surface area contributed by atoms with Gasteiger partial charge < -0.3 is 9.88 Å². The Balaban J connectivity index is 1.69. The van der Waals surface area contributed by atoms with Crippen LogP contribution in [0.5, 0.6) is 0 Å². The van der Waals surface area contributed by atoms with Crippen molar-refractivity contribution in [1.29, 1.82) is 0 Å². The first-order chi connectivity index (χ1) is 13.0. The number of hydrogen-bond donors (Lipinski definition) is 1. The zero-order valence-corrected chi connectivity index (χ0v) is 17.6. The lowest BCUT2D eigenvalue weighted by Gasteiger charge is -2.35. The van der Waals surface area contributed by atoms with Gasteiger partial charge in [-0.3, -0.25) is 9.59 Å². The number of H-pyrrole nitrogens is 1. The molecule has 1 aromatic heterocycles. The van der Waals surface area contributed by atoms with Crippen LogP contribution in [0.3, 0.4) is 0 Å². The Labute approximate surface area is 164 Å². The molecule has 0 spiro atoms. The predicted octanol–water partition coefficient (Wildman–Crippen LogP) is -0.227. The van der Waals surface area contributed by atoms with Gasteiger partial charge >= 0.3 is 0 Å². The van der Waals surface area contributed by atoms with Crippen molar-refractivity contribution < 1.29 is 21.6 Å². The van der Waals surface area contributed by atoms with Gasteiger partial charge in [-0.2, -0.15) is 4.31 Å². The van der Waals surface area contributed by atoms with E-state index in [9.17, 15) is 26.4 Å². The summed E-state index contributed by atoms with van der Waals surface area (Å²) in [6, 6.07) is 2.90. The summed E-state index contributed by atoms with van der Waals surface area (Å²) in [4.78, 5) is 28.8. The van der Waals surface area contributed by atoms with Crippen molar-refractivity contribution in [3.8, 4) is 0 Å². The monoisotopic (exact) mass is 431 g/mol. The molecule has 1 N–H and O–H groups in total. The highest BCUT2D eigenvalue weighted by atomic mass is 32.2. The standard InChI is InChI=1S/C17H25N3O6S2/c1-12(2)15-9-13(10-16(21)18-15)17(22)19-4-6-20(7-5-19)28(25,26)14-3-8-27(23,24)11-14/h9-10,12,14H,3-8,11H2,1-2H3,(H,18,21)/t14-/m0/s1. The second-order valence-electron chi connectivity index (χ2n) is 7.60. The molecule has 0 bridgehead atoms. The van der Waals surface area contributed by atoms with Crippen molar-refractivity contribution in [2.75, 3.05) is 37.7 Å². The SMILES string of the molecule is CC(C)c1cc(C(=O)N2CCN(S(=O)(=O)[C@H]3CCS(=O)(=O)C3)CC2)cc(=O)[nH]1. The Bertz CT molecular complexity index is 1020. The highest BCUT2D eigenvalue weighted by Gasteiger charge is 2.41. The molecule has 3 rings (SSSR count). The Hall–Kier alpha value is -1.72. The fraction of sp³-hybridized carbons (Fsp3) is 0.647. The number of amides is 1. The van der Waals surface area contributed by atoms with Gasteiger partial charge in [-0.1, -0.05) is 13.8 Å². The number of nitrogens with one attached hydrogen (secondary N) is 1. The van der Waals surface area contributed by atoms with Crippen LogP contribution in [0.1, 0.15) is 42.2 Å². The Morgan fingerprint density at radius 2 is 1.82 bits per heavy atom. The predicted molar refractivity (Wildman–Crippen MR) is 105 cm³/mol. The summed E-state index contributed by atoms with van der Waals surface area (Å²) in [5.74, 6) is -0.686. The van der Waals surface area contributed by atoms with Gasteiger partial charge in [0.15, 0.2) is 9.84 Å². The van der Waals surface area contributed by atoms with E-state index in [4.69, 9.17) is 0 Å². The third-order valence-electron chi connectivity index (χ3n) is 5.23. The number of piperazine rings is 1. The molecule has 3 heterocycles. The Morgan fingerprint density at radius 3 is 2.36 bits per heavy atom. The number of hydrogen-bond acceptors (Lipinski definition) is 6. The zero-order chi connectivity index (χ0) is 20.7. The minimum absolute atomic E-state index is 0.0603. The van der Waals surface area contributed by atoms with E-state index in [-0.39, 0.29) is 67.1 Å². The van der Waals surface area contributed by atoms with Crippen LogP contribution < -0.4 is 5.56 Å². The van der Waals surface area contributed by atoms with Crippen molar-refractivity contribution in [3.05, 3.63) is 33.7 Å². The summed E-state index contributed by atoms with van der Waals surface area (Å²) in [5, 5.41) is -0.902. The van der Waals surface area contributed by atoms with Gasteiger partial charge in [-0.15, -0.1) is 0 Å². The fourth-order valence-corrected chi connectivity index (χ4v) is 8.05. The summed E-state index contributed by atoms with van der Waals surface area (Å²) in [6.45, 7) is 4.44. The first-order valence-electron chi connectivity index (χ1n) is 9.22. The van der Waals surface area contributed by atoms with Gasteiger partial charge in [0.1, 0.15) is 0 Å². The number of carbonyl (C=O) groups is 1. The molecular formula is C17H25N3O6S2. The molecule has 2 aliphatic heterocycles. The molecule has 0 radical (unpaired) electrons. The van der Waals surface area contributed by atoms with Gasteiger partial charge in [-0.05, 0) is 18.4 Å². The number of nitrogens with zero attached hydrogens (tertiary/aromatic N) is 2. The third-order valence-corrected chi connectivity index (χ3v) is 9.54. The van der Waals surface area contributed by atoms with Crippen LogP contribution in [0.2, 0.25) is 0 Å². The van der Waals surface area contributed by atoms with E-state index >= 15 is 0 Å². The highest BCUT2D eigenvalue weighted by Crippen LogP contribution is 2.23. The smallest absolute Gasteiger partial charge is 0.254 e. The second kappa shape index (κ2) is 7.60. The third kappa shape index (κ3) is 4.31. The van der Waals surface area contributed by atoms with E-state index in [1.807, 2.05) is 13.8 Å². The van der Waals surface area contributed by atoms with E-state index in [2.05, 4.69) is 4.98 Å². The first-order valence-corrected chi connectivity index (χ1v) is 12.5. The molecule has 0 unspecified atom stereocenters. The van der Waals surface area contributed by atoms with E-state index in [0.717, 1.165) is 0 Å². The van der Waals surface area contributed by atoms with Gasteiger partial charge in [0.2, 0.25) is 15.6 Å². The molecular weight excluding hydrogens is 406 g/mol. The minimum Gasteiger partial charge on any atom is -0.336 e. The second-order valence-corrected chi connectivity index (χ2v) is 12.0. The van der Waals surface area contributed by atoms with E-state index < -0.39 is 25.1 Å². The van der Waals surface area contributed by atoms with Gasteiger partial charge in [0.25, 0.3) is 5.91 Å². The fourth-order valence-electron chi connectivity index (χ4n) is 3.53. The van der Waals surface area contributed by atoms with Crippen molar-refractivity contribution in [1.82, 2.24) is 14.2 Å². The molecule has 1 atom stereocenters. The zero-order valence-electron chi connectivity index (χ0n) is 15.9. The molecule has 2 aliphatic rings. The van der Waals surface area contributed by atoms with Crippen LogP contribution in [-0.4, -0.2) is 79.9 Å². The Morgan fingerprint density at radius 1 is 1.18 bits per heavy atom. The van der Waals surface area contributed by atoms with Crippen molar-refractivity contribution >= 4 is 25.8 Å². The van der Waals surface area contributed by atoms with Crippen LogP contribution in [0.25, 0.3) is 0 Å². The summed E-state index contributed by atoms with van der Waals surface area (Å²) in [6.07, 6.45) is 0.120. The summed E-state index contributed by atoms with van der Waals surface area (Å²) < 4.78 is 49.9. The number of pyridine rings is 1. The quantitative estimate of drug-likeness (QED) is 0.702. The van der Waals surface area contributed by atoms with Crippen LogP contribution in [0.15, 0.2) is 16.9 Å².